The van der Waals surface area contributed by atoms with Gasteiger partial charge in [-0.15, -0.1) is 0 Å². The maximum Gasteiger partial charge on any atom is 0.254 e. The zero-order valence-electron chi connectivity index (χ0n) is 17.0. The van der Waals surface area contributed by atoms with Crippen LogP contribution in [-0.4, -0.2) is 63.5 Å². The predicted octanol–water partition coefficient (Wildman–Crippen LogP) is 3.03. The van der Waals surface area contributed by atoms with E-state index >= 15 is 0 Å². The molecule has 2 aromatic rings. The second-order valence-electron chi connectivity index (χ2n) is 6.88. The van der Waals surface area contributed by atoms with E-state index in [9.17, 15) is 13.2 Å². The summed E-state index contributed by atoms with van der Waals surface area (Å²) in [5, 5.41) is 0.463. The highest BCUT2D eigenvalue weighted by molar-refractivity contribution is 7.89. The summed E-state index contributed by atoms with van der Waals surface area (Å²) in [6, 6.07) is 11.1. The van der Waals surface area contributed by atoms with E-state index in [-0.39, 0.29) is 17.3 Å². The topological polar surface area (TPSA) is 76.2 Å². The molecule has 30 heavy (non-hydrogen) atoms. The first-order chi connectivity index (χ1) is 14.3. The van der Waals surface area contributed by atoms with E-state index < -0.39 is 10.0 Å². The zero-order chi connectivity index (χ0) is 21.7. The summed E-state index contributed by atoms with van der Waals surface area (Å²) in [6.45, 7) is 4.43. The number of hydrogen-bond donors (Lipinski definition) is 0. The van der Waals surface area contributed by atoms with Crippen LogP contribution in [0.4, 0.5) is 0 Å². The lowest BCUT2D eigenvalue weighted by Crippen LogP contribution is -2.40. The van der Waals surface area contributed by atoms with Crippen LogP contribution in [0.2, 0.25) is 5.02 Å². The van der Waals surface area contributed by atoms with Crippen molar-refractivity contribution in [1.82, 2.24) is 9.21 Å². The van der Waals surface area contributed by atoms with Gasteiger partial charge in [0.1, 0.15) is 5.75 Å². The Labute approximate surface area is 182 Å². The molecule has 162 valence electrons. The first-order valence-corrected chi connectivity index (χ1v) is 11.5. The molecular weight excluding hydrogens is 428 g/mol. The molecule has 9 heteroatoms. The zero-order valence-corrected chi connectivity index (χ0v) is 18.6. The van der Waals surface area contributed by atoms with Gasteiger partial charge in [0.15, 0.2) is 0 Å². The van der Waals surface area contributed by atoms with Crippen LogP contribution in [0.15, 0.2) is 47.4 Å². The molecule has 1 amide bonds. The second kappa shape index (κ2) is 9.78. The summed E-state index contributed by atoms with van der Waals surface area (Å²) in [7, 11) is -2.24. The standard InChI is InChI=1S/C21H25ClN2O5S/c1-3-29-20-9-4-16(21(25)24-10-12-28-13-11-24)14-17(20)15-23(2)30(26,27)19-7-5-18(22)6-8-19/h4-9,14H,3,10-13,15H2,1-2H3. The fraction of sp³-hybridized carbons (Fsp3) is 0.381. The number of carbonyl (C=O) groups excluding carboxylic acids is 1. The lowest BCUT2D eigenvalue weighted by molar-refractivity contribution is 0.0303. The Morgan fingerprint density at radius 3 is 2.47 bits per heavy atom. The molecule has 0 N–H and O–H groups in total. The minimum Gasteiger partial charge on any atom is -0.494 e. The summed E-state index contributed by atoms with van der Waals surface area (Å²) in [5.74, 6) is 0.444. The van der Waals surface area contributed by atoms with Crippen LogP contribution in [0.1, 0.15) is 22.8 Å². The molecular formula is C21H25ClN2O5S. The van der Waals surface area contributed by atoms with Gasteiger partial charge in [-0.2, -0.15) is 4.31 Å². The molecule has 0 unspecified atom stereocenters. The van der Waals surface area contributed by atoms with E-state index in [2.05, 4.69) is 0 Å². The molecule has 0 atom stereocenters. The predicted molar refractivity (Wildman–Crippen MR) is 114 cm³/mol. The molecule has 0 aromatic heterocycles. The third-order valence-electron chi connectivity index (χ3n) is 4.82. The number of carbonyl (C=O) groups is 1. The van der Waals surface area contributed by atoms with Gasteiger partial charge >= 0.3 is 0 Å². The second-order valence-corrected chi connectivity index (χ2v) is 9.36. The van der Waals surface area contributed by atoms with Crippen molar-refractivity contribution in [2.45, 2.75) is 18.4 Å². The number of hydrogen-bond acceptors (Lipinski definition) is 5. The highest BCUT2D eigenvalue weighted by atomic mass is 35.5. The molecule has 0 spiro atoms. The van der Waals surface area contributed by atoms with Gasteiger partial charge in [0.2, 0.25) is 10.0 Å². The minimum atomic E-state index is -3.73. The van der Waals surface area contributed by atoms with Crippen LogP contribution in [0.25, 0.3) is 0 Å². The van der Waals surface area contributed by atoms with Crippen LogP contribution in [0, 0.1) is 0 Å². The van der Waals surface area contributed by atoms with Crippen LogP contribution in [-0.2, 0) is 21.3 Å². The minimum absolute atomic E-state index is 0.0600. The van der Waals surface area contributed by atoms with Crippen molar-refractivity contribution in [1.29, 1.82) is 0 Å². The Kier molecular flexibility index (Phi) is 7.36. The van der Waals surface area contributed by atoms with Gasteiger partial charge in [-0.3, -0.25) is 4.79 Å². The Morgan fingerprint density at radius 1 is 1.17 bits per heavy atom. The van der Waals surface area contributed by atoms with Gasteiger partial charge in [-0.1, -0.05) is 11.6 Å². The molecule has 0 bridgehead atoms. The summed E-state index contributed by atoms with van der Waals surface area (Å²) < 4.78 is 38.1. The summed E-state index contributed by atoms with van der Waals surface area (Å²) in [4.78, 5) is 14.7. The van der Waals surface area contributed by atoms with Crippen LogP contribution in [0.5, 0.6) is 5.75 Å². The molecule has 3 rings (SSSR count). The molecule has 1 fully saturated rings. The maximum absolute atomic E-state index is 12.9. The fourth-order valence-electron chi connectivity index (χ4n) is 3.19. The number of nitrogens with zero attached hydrogens (tertiary/aromatic N) is 2. The normalized spacial score (nSPS) is 14.7. The number of rotatable bonds is 7. The average Bonchev–Trinajstić information content (AvgIpc) is 2.75. The molecule has 0 aliphatic carbocycles. The monoisotopic (exact) mass is 452 g/mol. The van der Waals surface area contributed by atoms with Gasteiger partial charge in [-0.05, 0) is 49.4 Å². The number of halogens is 1. The van der Waals surface area contributed by atoms with Gasteiger partial charge in [0.05, 0.1) is 24.7 Å². The smallest absolute Gasteiger partial charge is 0.254 e. The van der Waals surface area contributed by atoms with E-state index in [4.69, 9.17) is 21.1 Å². The van der Waals surface area contributed by atoms with Crippen molar-refractivity contribution in [2.75, 3.05) is 40.0 Å². The number of morpholine rings is 1. The summed E-state index contributed by atoms with van der Waals surface area (Å²) in [6.07, 6.45) is 0. The molecule has 2 aromatic carbocycles. The summed E-state index contributed by atoms with van der Waals surface area (Å²) in [5.41, 5.74) is 1.11. The Balaban J connectivity index is 1.87. The fourth-order valence-corrected chi connectivity index (χ4v) is 4.47. The molecule has 1 aliphatic rings. The number of amides is 1. The van der Waals surface area contributed by atoms with Gasteiger partial charge in [0, 0.05) is 42.8 Å². The van der Waals surface area contributed by atoms with Crippen molar-refractivity contribution in [3.63, 3.8) is 0 Å². The Hall–Kier alpha value is -2.13. The third kappa shape index (κ3) is 5.13. The number of benzene rings is 2. The van der Waals surface area contributed by atoms with Crippen molar-refractivity contribution in [2.24, 2.45) is 0 Å². The quantitative estimate of drug-likeness (QED) is 0.645. The molecule has 0 radical (unpaired) electrons. The lowest BCUT2D eigenvalue weighted by Gasteiger charge is -2.27. The first kappa shape index (κ1) is 22.6. The number of ether oxygens (including phenoxy) is 2. The average molecular weight is 453 g/mol. The van der Waals surface area contributed by atoms with Crippen LogP contribution in [0.3, 0.4) is 0 Å². The van der Waals surface area contributed by atoms with Crippen molar-refractivity contribution >= 4 is 27.5 Å². The van der Waals surface area contributed by atoms with E-state index in [1.165, 1.54) is 35.6 Å². The highest BCUT2D eigenvalue weighted by Gasteiger charge is 2.24. The third-order valence-corrected chi connectivity index (χ3v) is 6.89. The molecule has 1 heterocycles. The maximum atomic E-state index is 12.9. The van der Waals surface area contributed by atoms with Crippen molar-refractivity contribution in [3.8, 4) is 5.75 Å². The SMILES string of the molecule is CCOc1ccc(C(=O)N2CCOCC2)cc1CN(C)S(=O)(=O)c1ccc(Cl)cc1. The lowest BCUT2D eigenvalue weighted by atomic mass is 10.1. The Morgan fingerprint density at radius 2 is 1.83 bits per heavy atom. The van der Waals surface area contributed by atoms with Crippen molar-refractivity contribution < 1.29 is 22.7 Å². The highest BCUT2D eigenvalue weighted by Crippen LogP contribution is 2.26. The van der Waals surface area contributed by atoms with E-state index in [0.717, 1.165) is 0 Å². The van der Waals surface area contributed by atoms with Gasteiger partial charge in [-0.25, -0.2) is 8.42 Å². The number of sulfonamides is 1. The molecule has 1 saturated heterocycles. The van der Waals surface area contributed by atoms with E-state index in [1.807, 2.05) is 6.92 Å². The van der Waals surface area contributed by atoms with E-state index in [0.29, 0.717) is 54.8 Å². The molecule has 7 nitrogen and oxygen atoms in total. The molecule has 1 aliphatic heterocycles. The van der Waals surface area contributed by atoms with E-state index in [1.54, 1.807) is 23.1 Å². The first-order valence-electron chi connectivity index (χ1n) is 9.67. The molecule has 0 saturated carbocycles. The Bertz CT molecular complexity index is 989. The van der Waals surface area contributed by atoms with Gasteiger partial charge in [0.25, 0.3) is 5.91 Å². The van der Waals surface area contributed by atoms with Crippen molar-refractivity contribution in [3.05, 3.63) is 58.6 Å². The summed E-state index contributed by atoms with van der Waals surface area (Å²) >= 11 is 5.87. The largest absolute Gasteiger partial charge is 0.494 e. The van der Waals surface area contributed by atoms with Crippen LogP contribution >= 0.6 is 11.6 Å². The van der Waals surface area contributed by atoms with Crippen LogP contribution < -0.4 is 4.74 Å². The van der Waals surface area contributed by atoms with Gasteiger partial charge < -0.3 is 14.4 Å².